The van der Waals surface area contributed by atoms with E-state index < -0.39 is 17.9 Å². The summed E-state index contributed by atoms with van der Waals surface area (Å²) in [4.78, 5) is 26.5. The number of nitrogens with one attached hydrogen (secondary N) is 2. The van der Waals surface area contributed by atoms with Gasteiger partial charge < -0.3 is 15.8 Å². The fourth-order valence-electron chi connectivity index (χ4n) is 4.56. The number of nitrogens with two attached hydrogens (primary N) is 1. The van der Waals surface area contributed by atoms with E-state index in [0.717, 1.165) is 27.8 Å². The Balaban J connectivity index is 1.63. The van der Waals surface area contributed by atoms with Gasteiger partial charge in [0.05, 0.1) is 19.1 Å². The Hall–Kier alpha value is -4.97. The third-order valence-electron chi connectivity index (χ3n) is 6.72. The molecular weight excluding hydrogens is 498 g/mol. The second-order valence-corrected chi connectivity index (χ2v) is 9.66. The number of benzene rings is 4. The number of aryl methyl sites for hydroxylation is 1. The number of hydrogen-bond acceptors (Lipinski definition) is 4. The molecule has 0 heterocycles. The molecular formula is C34H33N3O3. The molecule has 2 atom stereocenters. The first-order valence-corrected chi connectivity index (χ1v) is 13.1. The van der Waals surface area contributed by atoms with Gasteiger partial charge in [0, 0.05) is 11.1 Å². The fraction of sp³-hybridized carbons (Fsp3) is 0.147. The highest BCUT2D eigenvalue weighted by Gasteiger charge is 2.30. The van der Waals surface area contributed by atoms with Crippen molar-refractivity contribution in [3.8, 4) is 11.1 Å². The first kappa shape index (κ1) is 28.0. The number of methoxy groups -OCH3 is 1. The molecule has 0 saturated heterocycles. The molecule has 6 nitrogen and oxygen atoms in total. The Kier molecular flexibility index (Phi) is 9.26. The second kappa shape index (κ2) is 13.2. The number of nitrogen functional groups attached to an aromatic ring is 1. The van der Waals surface area contributed by atoms with E-state index in [4.69, 9.17) is 15.9 Å². The van der Waals surface area contributed by atoms with E-state index in [0.29, 0.717) is 11.1 Å². The SMILES string of the molecule is COC(=O)[C@@H](Cc1cccc(C(=N)N)c1)[C@H](/C=C/c1ccccc1)NC(=O)c1ccc(-c2cccc(C)c2)cc1. The molecule has 0 spiro atoms. The molecule has 0 fully saturated rings. The van der Waals surface area contributed by atoms with Crippen molar-refractivity contribution in [1.82, 2.24) is 5.32 Å². The van der Waals surface area contributed by atoms with E-state index in [9.17, 15) is 9.59 Å². The average molecular weight is 532 g/mol. The van der Waals surface area contributed by atoms with Gasteiger partial charge in [-0.1, -0.05) is 103 Å². The number of hydrogen-bond donors (Lipinski definition) is 3. The zero-order valence-electron chi connectivity index (χ0n) is 22.6. The van der Waals surface area contributed by atoms with E-state index in [-0.39, 0.29) is 18.2 Å². The zero-order valence-corrected chi connectivity index (χ0v) is 22.6. The molecule has 1 amide bonds. The summed E-state index contributed by atoms with van der Waals surface area (Å²) in [6.07, 6.45) is 3.99. The molecule has 4 rings (SSSR count). The van der Waals surface area contributed by atoms with Crippen molar-refractivity contribution in [3.63, 3.8) is 0 Å². The van der Waals surface area contributed by atoms with E-state index in [1.54, 1.807) is 30.3 Å². The lowest BCUT2D eigenvalue weighted by molar-refractivity contribution is -0.145. The van der Waals surface area contributed by atoms with Crippen LogP contribution in [0.25, 0.3) is 17.2 Å². The van der Waals surface area contributed by atoms with Crippen LogP contribution in [-0.4, -0.2) is 30.9 Å². The van der Waals surface area contributed by atoms with Gasteiger partial charge in [0.15, 0.2) is 0 Å². The van der Waals surface area contributed by atoms with Crippen molar-refractivity contribution in [1.29, 1.82) is 5.41 Å². The molecule has 40 heavy (non-hydrogen) atoms. The first-order valence-electron chi connectivity index (χ1n) is 13.1. The molecule has 0 bridgehead atoms. The minimum Gasteiger partial charge on any atom is -0.469 e. The summed E-state index contributed by atoms with van der Waals surface area (Å²) in [7, 11) is 1.34. The standard InChI is InChI=1S/C34H33N3O3/c1-23-8-6-12-28(20-23)26-15-17-27(18-16-26)33(38)37-31(19-14-24-9-4-3-5-10-24)30(34(39)40-2)22-25-11-7-13-29(21-25)32(35)36/h3-21,30-31H,22H2,1-2H3,(H3,35,36)(H,37,38)/b19-14+/t30-,31-/m0/s1. The first-order chi connectivity index (χ1) is 19.3. The Morgan fingerprint density at radius 2 is 1.60 bits per heavy atom. The summed E-state index contributed by atoms with van der Waals surface area (Å²) in [5, 5.41) is 10.8. The minimum atomic E-state index is -0.720. The predicted octanol–water partition coefficient (Wildman–Crippen LogP) is 5.79. The van der Waals surface area contributed by atoms with Gasteiger partial charge in [-0.25, -0.2) is 0 Å². The Morgan fingerprint density at radius 3 is 2.27 bits per heavy atom. The highest BCUT2D eigenvalue weighted by atomic mass is 16.5. The van der Waals surface area contributed by atoms with Crippen LogP contribution in [0.3, 0.4) is 0 Å². The van der Waals surface area contributed by atoms with E-state index in [1.807, 2.05) is 85.8 Å². The molecule has 0 aliphatic carbocycles. The number of carbonyl (C=O) groups is 2. The maximum atomic E-state index is 13.4. The van der Waals surface area contributed by atoms with Gasteiger partial charge >= 0.3 is 5.97 Å². The lowest BCUT2D eigenvalue weighted by Gasteiger charge is -2.24. The van der Waals surface area contributed by atoms with Gasteiger partial charge in [-0.2, -0.15) is 0 Å². The topological polar surface area (TPSA) is 105 Å². The molecule has 6 heteroatoms. The van der Waals surface area contributed by atoms with Crippen molar-refractivity contribution in [2.75, 3.05) is 7.11 Å². The van der Waals surface area contributed by atoms with Crippen LogP contribution in [-0.2, 0) is 16.0 Å². The maximum Gasteiger partial charge on any atom is 0.311 e. The largest absolute Gasteiger partial charge is 0.469 e. The number of amidine groups is 1. The number of ether oxygens (including phenoxy) is 1. The normalized spacial score (nSPS) is 12.4. The van der Waals surface area contributed by atoms with Crippen LogP contribution >= 0.6 is 0 Å². The molecule has 0 radical (unpaired) electrons. The van der Waals surface area contributed by atoms with Crippen LogP contribution in [0.5, 0.6) is 0 Å². The number of carbonyl (C=O) groups excluding carboxylic acids is 2. The Labute approximate surface area is 235 Å². The summed E-state index contributed by atoms with van der Waals surface area (Å²) in [6.45, 7) is 2.04. The summed E-state index contributed by atoms with van der Waals surface area (Å²) >= 11 is 0. The highest BCUT2D eigenvalue weighted by molar-refractivity contribution is 5.96. The number of rotatable bonds is 10. The van der Waals surface area contributed by atoms with Gasteiger partial charge in [-0.15, -0.1) is 0 Å². The summed E-state index contributed by atoms with van der Waals surface area (Å²) in [6, 6.07) is 31.8. The molecule has 0 aliphatic rings. The number of amides is 1. The lowest BCUT2D eigenvalue weighted by Crippen LogP contribution is -2.43. The smallest absolute Gasteiger partial charge is 0.311 e. The van der Waals surface area contributed by atoms with Gasteiger partial charge in [-0.05, 0) is 53.8 Å². The third-order valence-corrected chi connectivity index (χ3v) is 6.72. The molecule has 0 unspecified atom stereocenters. The predicted molar refractivity (Wildman–Crippen MR) is 160 cm³/mol. The van der Waals surface area contributed by atoms with Crippen molar-refractivity contribution < 1.29 is 14.3 Å². The van der Waals surface area contributed by atoms with Crippen LogP contribution in [0, 0.1) is 18.3 Å². The van der Waals surface area contributed by atoms with E-state index in [2.05, 4.69) is 11.4 Å². The van der Waals surface area contributed by atoms with Crippen molar-refractivity contribution in [2.45, 2.75) is 19.4 Å². The number of esters is 1. The Bertz CT molecular complexity index is 1510. The van der Waals surface area contributed by atoms with E-state index >= 15 is 0 Å². The van der Waals surface area contributed by atoms with Gasteiger partial charge in [0.25, 0.3) is 5.91 Å². The molecule has 0 aromatic heterocycles. The van der Waals surface area contributed by atoms with Gasteiger partial charge in [0.1, 0.15) is 5.84 Å². The minimum absolute atomic E-state index is 0.0561. The average Bonchev–Trinajstić information content (AvgIpc) is 2.98. The molecule has 202 valence electrons. The van der Waals surface area contributed by atoms with Crippen LogP contribution in [0.1, 0.15) is 32.6 Å². The van der Waals surface area contributed by atoms with Crippen LogP contribution in [0.15, 0.2) is 109 Å². The van der Waals surface area contributed by atoms with Gasteiger partial charge in [-0.3, -0.25) is 15.0 Å². The third kappa shape index (κ3) is 7.32. The van der Waals surface area contributed by atoms with Crippen molar-refractivity contribution in [2.24, 2.45) is 11.7 Å². The summed E-state index contributed by atoms with van der Waals surface area (Å²) in [5.74, 6) is -1.53. The fourth-order valence-corrected chi connectivity index (χ4v) is 4.56. The van der Waals surface area contributed by atoms with Gasteiger partial charge in [0.2, 0.25) is 0 Å². The maximum absolute atomic E-state index is 13.4. The summed E-state index contributed by atoms with van der Waals surface area (Å²) < 4.78 is 5.17. The Morgan fingerprint density at radius 1 is 0.875 bits per heavy atom. The van der Waals surface area contributed by atoms with Crippen LogP contribution < -0.4 is 11.1 Å². The highest BCUT2D eigenvalue weighted by Crippen LogP contribution is 2.22. The molecule has 4 N–H and O–H groups in total. The lowest BCUT2D eigenvalue weighted by atomic mass is 9.90. The van der Waals surface area contributed by atoms with Crippen LogP contribution in [0.4, 0.5) is 0 Å². The monoisotopic (exact) mass is 531 g/mol. The molecule has 4 aromatic carbocycles. The van der Waals surface area contributed by atoms with Crippen LogP contribution in [0.2, 0.25) is 0 Å². The summed E-state index contributed by atoms with van der Waals surface area (Å²) in [5.41, 5.74) is 11.7. The molecule has 0 aliphatic heterocycles. The van der Waals surface area contributed by atoms with E-state index in [1.165, 1.54) is 7.11 Å². The van der Waals surface area contributed by atoms with Crippen molar-refractivity contribution >= 4 is 23.8 Å². The zero-order chi connectivity index (χ0) is 28.5. The molecule has 0 saturated carbocycles. The van der Waals surface area contributed by atoms with Crippen molar-refractivity contribution in [3.05, 3.63) is 137 Å². The molecule has 4 aromatic rings. The second-order valence-electron chi connectivity index (χ2n) is 9.66. The quantitative estimate of drug-likeness (QED) is 0.137.